The van der Waals surface area contributed by atoms with Crippen molar-refractivity contribution in [3.63, 3.8) is 0 Å². The Hall–Kier alpha value is -2.74. The number of aromatic nitrogens is 2. The molecule has 118 valence electrons. The Bertz CT molecular complexity index is 906. The monoisotopic (exact) mass is 334 g/mol. The molecule has 0 aliphatic heterocycles. The SMILES string of the molecule is O=C(COc1ccccc1F)OCc1cc(=O)n2ccsc2n1. The quantitative estimate of drug-likeness (QED) is 0.668. The first-order chi connectivity index (χ1) is 11.1. The number of halogens is 1. The summed E-state index contributed by atoms with van der Waals surface area (Å²) in [6.07, 6.45) is 1.62. The van der Waals surface area contributed by atoms with Crippen molar-refractivity contribution in [2.45, 2.75) is 6.61 Å². The van der Waals surface area contributed by atoms with Gasteiger partial charge in [0.25, 0.3) is 5.56 Å². The Morgan fingerprint density at radius 3 is 3.00 bits per heavy atom. The molecular formula is C15H11FN2O4S. The molecule has 1 aromatic carbocycles. The summed E-state index contributed by atoms with van der Waals surface area (Å²) in [5, 5.41) is 1.74. The standard InChI is InChI=1S/C15H11FN2O4S/c16-11-3-1-2-4-12(11)21-9-14(20)22-8-10-7-13(19)18-5-6-23-15(18)17-10/h1-7H,8-9H2. The fourth-order valence-corrected chi connectivity index (χ4v) is 2.59. The molecule has 0 amide bonds. The number of para-hydroxylation sites is 1. The molecule has 0 fully saturated rings. The number of hydrogen-bond donors (Lipinski definition) is 0. The number of carbonyl (C=O) groups is 1. The van der Waals surface area contributed by atoms with Gasteiger partial charge in [0.1, 0.15) is 6.61 Å². The van der Waals surface area contributed by atoms with E-state index < -0.39 is 18.4 Å². The van der Waals surface area contributed by atoms with Crippen molar-refractivity contribution in [1.29, 1.82) is 0 Å². The van der Waals surface area contributed by atoms with Gasteiger partial charge in [0.2, 0.25) is 0 Å². The first kappa shape index (κ1) is 15.2. The lowest BCUT2D eigenvalue weighted by Crippen LogP contribution is -2.17. The highest BCUT2D eigenvalue weighted by atomic mass is 32.1. The summed E-state index contributed by atoms with van der Waals surface area (Å²) in [6.45, 7) is -0.579. The second kappa shape index (κ2) is 6.57. The Morgan fingerprint density at radius 2 is 2.17 bits per heavy atom. The molecule has 0 bridgehead atoms. The van der Waals surface area contributed by atoms with Crippen LogP contribution in [-0.4, -0.2) is 22.0 Å². The number of benzene rings is 1. The van der Waals surface area contributed by atoms with Crippen LogP contribution in [0.2, 0.25) is 0 Å². The smallest absolute Gasteiger partial charge is 0.344 e. The number of hydrogen-bond acceptors (Lipinski definition) is 6. The van der Waals surface area contributed by atoms with Gasteiger partial charge in [-0.3, -0.25) is 9.20 Å². The van der Waals surface area contributed by atoms with E-state index in [2.05, 4.69) is 4.98 Å². The molecule has 0 spiro atoms. The van der Waals surface area contributed by atoms with E-state index >= 15 is 0 Å². The van der Waals surface area contributed by atoms with E-state index in [-0.39, 0.29) is 17.9 Å². The fraction of sp³-hybridized carbons (Fsp3) is 0.133. The van der Waals surface area contributed by atoms with E-state index in [0.29, 0.717) is 10.7 Å². The molecule has 6 nitrogen and oxygen atoms in total. The van der Waals surface area contributed by atoms with Crippen LogP contribution in [0, 0.1) is 5.82 Å². The zero-order chi connectivity index (χ0) is 16.2. The van der Waals surface area contributed by atoms with Crippen molar-refractivity contribution in [3.05, 3.63) is 63.8 Å². The lowest BCUT2D eigenvalue weighted by molar-refractivity contribution is -0.147. The van der Waals surface area contributed by atoms with Crippen molar-refractivity contribution in [3.8, 4) is 5.75 Å². The third-order valence-electron chi connectivity index (χ3n) is 2.92. The number of nitrogens with zero attached hydrogens (tertiary/aromatic N) is 2. The van der Waals surface area contributed by atoms with Crippen LogP contribution in [0.5, 0.6) is 5.75 Å². The van der Waals surface area contributed by atoms with E-state index in [1.54, 1.807) is 17.6 Å². The van der Waals surface area contributed by atoms with E-state index in [1.165, 1.54) is 40.0 Å². The highest BCUT2D eigenvalue weighted by Crippen LogP contribution is 2.15. The van der Waals surface area contributed by atoms with Crippen LogP contribution in [0.15, 0.2) is 46.7 Å². The number of thiazole rings is 1. The minimum Gasteiger partial charge on any atom is -0.479 e. The van der Waals surface area contributed by atoms with Gasteiger partial charge in [-0.15, -0.1) is 11.3 Å². The molecule has 0 unspecified atom stereocenters. The largest absolute Gasteiger partial charge is 0.479 e. The molecule has 0 N–H and O–H groups in total. The number of rotatable bonds is 5. The Kier molecular flexibility index (Phi) is 4.33. The molecular weight excluding hydrogens is 323 g/mol. The summed E-state index contributed by atoms with van der Waals surface area (Å²) in [5.74, 6) is -1.26. The number of esters is 1. The highest BCUT2D eigenvalue weighted by molar-refractivity contribution is 7.15. The van der Waals surface area contributed by atoms with E-state index in [1.807, 2.05) is 0 Å². The first-order valence-electron chi connectivity index (χ1n) is 6.62. The van der Waals surface area contributed by atoms with Crippen molar-refractivity contribution in [2.75, 3.05) is 6.61 Å². The van der Waals surface area contributed by atoms with E-state index in [0.717, 1.165) is 0 Å². The Labute approximate surface area is 133 Å². The summed E-state index contributed by atoms with van der Waals surface area (Å²) < 4.78 is 24.7. The second-order valence-corrected chi connectivity index (χ2v) is 5.39. The fourth-order valence-electron chi connectivity index (χ4n) is 1.86. The normalized spacial score (nSPS) is 10.7. The molecule has 23 heavy (non-hydrogen) atoms. The van der Waals surface area contributed by atoms with Crippen LogP contribution in [0.1, 0.15) is 5.69 Å². The van der Waals surface area contributed by atoms with Gasteiger partial charge in [-0.25, -0.2) is 14.2 Å². The Balaban J connectivity index is 1.58. The maximum Gasteiger partial charge on any atom is 0.344 e. The first-order valence-corrected chi connectivity index (χ1v) is 7.50. The molecule has 0 atom stereocenters. The molecule has 2 aromatic heterocycles. The number of ether oxygens (including phenoxy) is 2. The third kappa shape index (κ3) is 3.54. The predicted molar refractivity (Wildman–Crippen MR) is 81.0 cm³/mol. The van der Waals surface area contributed by atoms with Gasteiger partial charge < -0.3 is 9.47 Å². The van der Waals surface area contributed by atoms with Crippen molar-refractivity contribution >= 4 is 22.3 Å². The summed E-state index contributed by atoms with van der Waals surface area (Å²) in [4.78, 5) is 28.1. The molecule has 3 aromatic rings. The lowest BCUT2D eigenvalue weighted by Gasteiger charge is -2.07. The molecule has 0 aliphatic carbocycles. The summed E-state index contributed by atoms with van der Waals surface area (Å²) in [5.41, 5.74) is 0.0987. The van der Waals surface area contributed by atoms with Gasteiger partial charge in [0.15, 0.2) is 23.1 Å². The zero-order valence-electron chi connectivity index (χ0n) is 11.8. The molecule has 0 aliphatic rings. The summed E-state index contributed by atoms with van der Waals surface area (Å²) in [7, 11) is 0. The number of carbonyl (C=O) groups excluding carboxylic acids is 1. The average Bonchev–Trinajstić information content (AvgIpc) is 3.01. The van der Waals surface area contributed by atoms with Crippen LogP contribution in [0.4, 0.5) is 4.39 Å². The Morgan fingerprint density at radius 1 is 1.35 bits per heavy atom. The van der Waals surface area contributed by atoms with Crippen LogP contribution in [0.25, 0.3) is 4.96 Å². The molecule has 0 saturated carbocycles. The molecule has 2 heterocycles. The summed E-state index contributed by atoms with van der Waals surface area (Å²) >= 11 is 1.30. The van der Waals surface area contributed by atoms with Crippen molar-refractivity contribution in [1.82, 2.24) is 9.38 Å². The van der Waals surface area contributed by atoms with Gasteiger partial charge in [-0.2, -0.15) is 0 Å². The maximum absolute atomic E-state index is 13.3. The minimum atomic E-state index is -0.679. The molecule has 3 rings (SSSR count). The number of fused-ring (bicyclic) bond motifs is 1. The zero-order valence-corrected chi connectivity index (χ0v) is 12.6. The summed E-state index contributed by atoms with van der Waals surface area (Å²) in [6, 6.07) is 7.05. The highest BCUT2D eigenvalue weighted by Gasteiger charge is 2.09. The van der Waals surface area contributed by atoms with Gasteiger partial charge in [0, 0.05) is 17.6 Å². The molecule has 0 radical (unpaired) electrons. The van der Waals surface area contributed by atoms with Gasteiger partial charge in [-0.05, 0) is 12.1 Å². The van der Waals surface area contributed by atoms with Gasteiger partial charge >= 0.3 is 5.97 Å². The van der Waals surface area contributed by atoms with Gasteiger partial charge in [-0.1, -0.05) is 12.1 Å². The van der Waals surface area contributed by atoms with E-state index in [9.17, 15) is 14.0 Å². The third-order valence-corrected chi connectivity index (χ3v) is 3.68. The molecule has 0 saturated heterocycles. The average molecular weight is 334 g/mol. The molecule has 8 heteroatoms. The topological polar surface area (TPSA) is 69.9 Å². The lowest BCUT2D eigenvalue weighted by atomic mass is 10.3. The second-order valence-electron chi connectivity index (χ2n) is 4.52. The van der Waals surface area contributed by atoms with Crippen LogP contribution >= 0.6 is 11.3 Å². The van der Waals surface area contributed by atoms with Crippen LogP contribution in [0.3, 0.4) is 0 Å². The van der Waals surface area contributed by atoms with Gasteiger partial charge in [0.05, 0.1) is 5.69 Å². The maximum atomic E-state index is 13.3. The minimum absolute atomic E-state index is 0.0270. The van der Waals surface area contributed by atoms with E-state index in [4.69, 9.17) is 9.47 Å². The van der Waals surface area contributed by atoms with Crippen LogP contribution in [-0.2, 0) is 16.1 Å². The van der Waals surface area contributed by atoms with Crippen molar-refractivity contribution < 1.29 is 18.7 Å². The van der Waals surface area contributed by atoms with Crippen molar-refractivity contribution in [2.24, 2.45) is 0 Å². The van der Waals surface area contributed by atoms with Crippen LogP contribution < -0.4 is 10.3 Å². The predicted octanol–water partition coefficient (Wildman–Crippen LogP) is 2.02.